The molecule has 0 saturated heterocycles. The number of nitrogens with two attached hydrogens (primary N) is 1. The van der Waals surface area contributed by atoms with Gasteiger partial charge in [0.25, 0.3) is 0 Å². The predicted molar refractivity (Wildman–Crippen MR) is 102 cm³/mol. The van der Waals surface area contributed by atoms with Crippen molar-refractivity contribution in [2.24, 2.45) is 0 Å². The van der Waals surface area contributed by atoms with Crippen LogP contribution >= 0.6 is 11.6 Å². The maximum Gasteiger partial charge on any atom is 0.357 e. The number of nitrogens with zero attached hydrogens (tertiary/aromatic N) is 2. The number of para-hydroxylation sites is 1. The molecule has 2 aromatic carbocycles. The number of nitrogen functional groups attached to an aromatic ring is 1. The number of rotatable bonds is 4. The van der Waals surface area contributed by atoms with Gasteiger partial charge in [0.2, 0.25) is 0 Å². The fraction of sp³-hybridized carbons (Fsp3) is 0.100. The monoisotopic (exact) mass is 381 g/mol. The summed E-state index contributed by atoms with van der Waals surface area (Å²) >= 11 is 6.36. The zero-order valence-corrected chi connectivity index (χ0v) is 15.4. The summed E-state index contributed by atoms with van der Waals surface area (Å²) in [6.07, 6.45) is 1.45. The number of carbonyl (C=O) groups excluding carboxylic acids is 1. The van der Waals surface area contributed by atoms with Crippen LogP contribution in [0.25, 0.3) is 5.69 Å². The Morgan fingerprint density at radius 1 is 1.22 bits per heavy atom. The summed E-state index contributed by atoms with van der Waals surface area (Å²) in [4.78, 5) is 12.2. The topological polar surface area (TPSA) is 90.3 Å². The van der Waals surface area contributed by atoms with Crippen LogP contribution in [0, 0.1) is 18.3 Å². The molecule has 2 N–H and O–H groups in total. The molecule has 0 aliphatic heterocycles. The molecule has 3 aromatic rings. The Bertz CT molecular complexity index is 1050. The van der Waals surface area contributed by atoms with Crippen LogP contribution in [0.5, 0.6) is 11.5 Å². The van der Waals surface area contributed by atoms with Crippen LogP contribution in [0.15, 0.2) is 48.7 Å². The average Bonchev–Trinajstić information content (AvgIpc) is 3.00. The number of halogens is 1. The van der Waals surface area contributed by atoms with Crippen LogP contribution in [-0.4, -0.2) is 17.6 Å². The van der Waals surface area contributed by atoms with E-state index in [0.29, 0.717) is 22.2 Å². The van der Waals surface area contributed by atoms with Gasteiger partial charge in [-0.2, -0.15) is 5.26 Å². The minimum Gasteiger partial charge on any atom is -0.464 e. The number of esters is 1. The predicted octanol–water partition coefficient (Wildman–Crippen LogP) is 4.47. The van der Waals surface area contributed by atoms with Gasteiger partial charge in [-0.15, -0.1) is 0 Å². The molecule has 0 saturated carbocycles. The van der Waals surface area contributed by atoms with Gasteiger partial charge in [0.05, 0.1) is 29.1 Å². The van der Waals surface area contributed by atoms with E-state index >= 15 is 0 Å². The molecule has 0 fully saturated rings. The van der Waals surface area contributed by atoms with Gasteiger partial charge >= 0.3 is 5.97 Å². The molecule has 136 valence electrons. The van der Waals surface area contributed by atoms with Crippen molar-refractivity contribution < 1.29 is 14.3 Å². The first-order valence-electron chi connectivity index (χ1n) is 7.99. The lowest BCUT2D eigenvalue weighted by Crippen LogP contribution is -2.11. The van der Waals surface area contributed by atoms with Gasteiger partial charge in [-0.3, -0.25) is 0 Å². The largest absolute Gasteiger partial charge is 0.464 e. The molecule has 6 nitrogen and oxygen atoms in total. The number of benzene rings is 2. The summed E-state index contributed by atoms with van der Waals surface area (Å²) in [6.45, 7) is 1.97. The van der Waals surface area contributed by atoms with Crippen molar-refractivity contribution in [1.29, 1.82) is 5.26 Å². The van der Waals surface area contributed by atoms with E-state index in [4.69, 9.17) is 26.8 Å². The van der Waals surface area contributed by atoms with E-state index in [1.165, 1.54) is 17.9 Å². The molecule has 3 rings (SSSR count). The van der Waals surface area contributed by atoms with Gasteiger partial charge in [0, 0.05) is 6.20 Å². The van der Waals surface area contributed by atoms with Gasteiger partial charge in [-0.1, -0.05) is 35.4 Å². The SMILES string of the molecule is COC(=O)c1c(N)c(C#N)cn1-c1cccc(Cl)c1Oc1ccc(C)cc1. The van der Waals surface area contributed by atoms with Crippen molar-refractivity contribution in [3.8, 4) is 23.3 Å². The smallest absolute Gasteiger partial charge is 0.357 e. The maximum absolute atomic E-state index is 12.2. The van der Waals surface area contributed by atoms with Gasteiger partial charge in [0.1, 0.15) is 11.8 Å². The number of nitriles is 1. The summed E-state index contributed by atoms with van der Waals surface area (Å²) in [5.41, 5.74) is 7.73. The van der Waals surface area contributed by atoms with E-state index in [1.54, 1.807) is 18.2 Å². The lowest BCUT2D eigenvalue weighted by Gasteiger charge is -2.15. The Morgan fingerprint density at radius 3 is 2.56 bits per heavy atom. The number of carbonyl (C=O) groups is 1. The molecule has 1 heterocycles. The molecule has 0 amide bonds. The minimum atomic E-state index is -0.671. The summed E-state index contributed by atoms with van der Waals surface area (Å²) in [5, 5.41) is 9.63. The molecule has 0 radical (unpaired) electrons. The van der Waals surface area contributed by atoms with Crippen molar-refractivity contribution in [2.75, 3.05) is 12.8 Å². The number of aryl methyl sites for hydroxylation is 1. The maximum atomic E-state index is 12.2. The van der Waals surface area contributed by atoms with Crippen molar-refractivity contribution >= 4 is 23.3 Å². The summed E-state index contributed by atoms with van der Waals surface area (Å²) in [6, 6.07) is 14.5. The molecule has 0 unspecified atom stereocenters. The standard InChI is InChI=1S/C20H16ClN3O3/c1-12-6-8-14(9-7-12)27-19-15(21)4-3-5-16(19)24-11-13(10-22)17(23)18(24)20(25)26-2/h3-9,11H,23H2,1-2H3. The molecule has 0 aliphatic rings. The Hall–Kier alpha value is -3.43. The number of aromatic nitrogens is 1. The first-order chi connectivity index (χ1) is 13.0. The van der Waals surface area contributed by atoms with E-state index in [0.717, 1.165) is 5.56 Å². The molecular formula is C20H16ClN3O3. The quantitative estimate of drug-likeness (QED) is 0.673. The third kappa shape index (κ3) is 3.46. The molecule has 0 aliphatic carbocycles. The van der Waals surface area contributed by atoms with Crippen molar-refractivity contribution in [3.63, 3.8) is 0 Å². The van der Waals surface area contributed by atoms with Crippen LogP contribution in [0.2, 0.25) is 5.02 Å². The number of anilines is 1. The number of methoxy groups -OCH3 is 1. The Morgan fingerprint density at radius 2 is 1.93 bits per heavy atom. The highest BCUT2D eigenvalue weighted by atomic mass is 35.5. The molecule has 0 atom stereocenters. The normalized spacial score (nSPS) is 10.3. The fourth-order valence-corrected chi connectivity index (χ4v) is 2.83. The molecular weight excluding hydrogens is 366 g/mol. The average molecular weight is 382 g/mol. The van der Waals surface area contributed by atoms with E-state index in [1.807, 2.05) is 37.3 Å². The van der Waals surface area contributed by atoms with Crippen LogP contribution in [0.1, 0.15) is 21.6 Å². The van der Waals surface area contributed by atoms with E-state index < -0.39 is 5.97 Å². The van der Waals surface area contributed by atoms with Crippen molar-refractivity contribution in [1.82, 2.24) is 4.57 Å². The van der Waals surface area contributed by atoms with Crippen LogP contribution in [-0.2, 0) is 4.74 Å². The second kappa shape index (κ2) is 7.44. The second-order valence-corrected chi connectivity index (χ2v) is 6.19. The van der Waals surface area contributed by atoms with E-state index in [2.05, 4.69) is 0 Å². The Kier molecular flexibility index (Phi) is 5.06. The zero-order valence-electron chi connectivity index (χ0n) is 14.7. The van der Waals surface area contributed by atoms with Gasteiger partial charge in [-0.05, 0) is 31.2 Å². The number of hydrogen-bond acceptors (Lipinski definition) is 5. The molecule has 1 aromatic heterocycles. The highest BCUT2D eigenvalue weighted by Crippen LogP contribution is 2.37. The summed E-state index contributed by atoms with van der Waals surface area (Å²) in [5.74, 6) is 0.234. The number of hydrogen-bond donors (Lipinski definition) is 1. The lowest BCUT2D eigenvalue weighted by atomic mass is 10.2. The van der Waals surface area contributed by atoms with Crippen molar-refractivity contribution in [2.45, 2.75) is 6.92 Å². The highest BCUT2D eigenvalue weighted by molar-refractivity contribution is 6.32. The van der Waals surface area contributed by atoms with Gasteiger partial charge < -0.3 is 19.8 Å². The van der Waals surface area contributed by atoms with Crippen LogP contribution in [0.3, 0.4) is 0 Å². The summed E-state index contributed by atoms with van der Waals surface area (Å²) in [7, 11) is 1.24. The van der Waals surface area contributed by atoms with E-state index in [9.17, 15) is 10.1 Å². The third-order valence-electron chi connectivity index (χ3n) is 3.99. The summed E-state index contributed by atoms with van der Waals surface area (Å²) < 4.78 is 12.2. The second-order valence-electron chi connectivity index (χ2n) is 5.78. The number of ether oxygens (including phenoxy) is 2. The van der Waals surface area contributed by atoms with Gasteiger partial charge in [-0.25, -0.2) is 4.79 Å². The minimum absolute atomic E-state index is 0.0325. The lowest BCUT2D eigenvalue weighted by molar-refractivity contribution is 0.0593. The van der Waals surface area contributed by atoms with E-state index in [-0.39, 0.29) is 16.9 Å². The highest BCUT2D eigenvalue weighted by Gasteiger charge is 2.24. The Labute approximate surface area is 161 Å². The fourth-order valence-electron chi connectivity index (χ4n) is 2.62. The molecule has 7 heteroatoms. The van der Waals surface area contributed by atoms with Crippen LogP contribution in [0.4, 0.5) is 5.69 Å². The zero-order chi connectivity index (χ0) is 19.6. The first-order valence-corrected chi connectivity index (χ1v) is 8.36. The molecule has 0 spiro atoms. The molecule has 0 bridgehead atoms. The Balaban J connectivity index is 2.19. The first kappa shape index (κ1) is 18.4. The van der Waals surface area contributed by atoms with Crippen molar-refractivity contribution in [3.05, 3.63) is 70.5 Å². The van der Waals surface area contributed by atoms with Crippen LogP contribution < -0.4 is 10.5 Å². The third-order valence-corrected chi connectivity index (χ3v) is 4.29. The molecule has 27 heavy (non-hydrogen) atoms. The van der Waals surface area contributed by atoms with Gasteiger partial charge in [0.15, 0.2) is 11.4 Å².